The van der Waals surface area contributed by atoms with E-state index in [0.29, 0.717) is 10.8 Å². The summed E-state index contributed by atoms with van der Waals surface area (Å²) in [6.07, 6.45) is 5.26. The molecule has 1 N–H and O–H groups in total. The minimum atomic E-state index is -4.26. The summed E-state index contributed by atoms with van der Waals surface area (Å²) in [5, 5.41) is 3.55. The third kappa shape index (κ3) is 8.96. The van der Waals surface area contributed by atoms with E-state index in [0.717, 1.165) is 53.1 Å². The zero-order valence-corrected chi connectivity index (χ0v) is 28.9. The van der Waals surface area contributed by atoms with Gasteiger partial charge in [0.25, 0.3) is 10.0 Å². The van der Waals surface area contributed by atoms with E-state index in [1.54, 1.807) is 30.3 Å². The molecule has 0 bridgehead atoms. The van der Waals surface area contributed by atoms with Gasteiger partial charge in [-0.1, -0.05) is 97.1 Å². The molecule has 1 fully saturated rings. The Labute approximate surface area is 288 Å². The molecule has 0 heterocycles. The summed E-state index contributed by atoms with van der Waals surface area (Å²) in [5.41, 5.74) is 3.00. The van der Waals surface area contributed by atoms with Crippen molar-refractivity contribution in [3.63, 3.8) is 0 Å². The van der Waals surface area contributed by atoms with E-state index >= 15 is 0 Å². The van der Waals surface area contributed by atoms with Crippen LogP contribution >= 0.6 is 11.6 Å². The number of anilines is 1. The van der Waals surface area contributed by atoms with Gasteiger partial charge in [-0.25, -0.2) is 8.42 Å². The van der Waals surface area contributed by atoms with Gasteiger partial charge in [-0.15, -0.1) is 0 Å². The maximum absolute atomic E-state index is 14.7. The average Bonchev–Trinajstić information content (AvgIpc) is 3.10. The van der Waals surface area contributed by atoms with Gasteiger partial charge < -0.3 is 15.0 Å². The normalized spacial score (nSPS) is 14.1. The third-order valence-corrected chi connectivity index (χ3v) is 10.7. The molecule has 4 aromatic carbocycles. The van der Waals surface area contributed by atoms with Crippen molar-refractivity contribution >= 4 is 39.1 Å². The summed E-state index contributed by atoms with van der Waals surface area (Å²) in [6, 6.07) is 28.9. The first-order valence-corrected chi connectivity index (χ1v) is 18.1. The minimum absolute atomic E-state index is 0.0166. The largest absolute Gasteiger partial charge is 0.497 e. The zero-order chi connectivity index (χ0) is 34.1. The van der Waals surface area contributed by atoms with Gasteiger partial charge in [0, 0.05) is 24.0 Å². The lowest BCUT2D eigenvalue weighted by molar-refractivity contribution is -0.140. The van der Waals surface area contributed by atoms with Crippen molar-refractivity contribution < 1.29 is 22.7 Å². The molecule has 0 saturated heterocycles. The summed E-state index contributed by atoms with van der Waals surface area (Å²) in [7, 11) is -2.76. The zero-order valence-electron chi connectivity index (χ0n) is 27.3. The van der Waals surface area contributed by atoms with Crippen molar-refractivity contribution in [3.05, 3.63) is 125 Å². The van der Waals surface area contributed by atoms with Gasteiger partial charge in [0.2, 0.25) is 11.8 Å². The lowest BCUT2D eigenvalue weighted by atomic mass is 9.94. The van der Waals surface area contributed by atoms with Crippen LogP contribution in [0.2, 0.25) is 5.02 Å². The smallest absolute Gasteiger partial charge is 0.264 e. The van der Waals surface area contributed by atoms with Gasteiger partial charge in [-0.05, 0) is 73.4 Å². The number of ether oxygens (including phenoxy) is 1. The number of benzene rings is 4. The number of nitrogens with one attached hydrogen (secondary N) is 1. The predicted octanol–water partition coefficient (Wildman–Crippen LogP) is 6.94. The number of carbonyl (C=O) groups excluding carboxylic acids is 2. The topological polar surface area (TPSA) is 96.0 Å². The fourth-order valence-corrected chi connectivity index (χ4v) is 7.61. The van der Waals surface area contributed by atoms with Crippen molar-refractivity contribution in [2.75, 3.05) is 18.0 Å². The van der Waals surface area contributed by atoms with Gasteiger partial charge in [-0.2, -0.15) is 0 Å². The molecule has 0 unspecified atom stereocenters. The molecule has 2 amide bonds. The number of halogens is 1. The van der Waals surface area contributed by atoms with Crippen LogP contribution in [0, 0.1) is 6.92 Å². The van der Waals surface area contributed by atoms with Crippen LogP contribution in [-0.4, -0.2) is 50.9 Å². The van der Waals surface area contributed by atoms with E-state index < -0.39 is 28.5 Å². The Morgan fingerprint density at radius 1 is 0.875 bits per heavy atom. The predicted molar refractivity (Wildman–Crippen MR) is 190 cm³/mol. The van der Waals surface area contributed by atoms with Crippen LogP contribution in [0.5, 0.6) is 5.75 Å². The molecule has 0 aromatic heterocycles. The van der Waals surface area contributed by atoms with Crippen LogP contribution in [0.4, 0.5) is 5.69 Å². The van der Waals surface area contributed by atoms with Crippen molar-refractivity contribution in [2.24, 2.45) is 0 Å². The molecule has 5 rings (SSSR count). The van der Waals surface area contributed by atoms with Crippen LogP contribution in [0.3, 0.4) is 0 Å². The number of sulfonamides is 1. The second-order valence-electron chi connectivity index (χ2n) is 12.2. The molecular formula is C38H42ClN3O5S. The fraction of sp³-hybridized carbons (Fsp3) is 0.316. The first-order valence-electron chi connectivity index (χ1n) is 16.3. The van der Waals surface area contributed by atoms with Crippen LogP contribution in [0.15, 0.2) is 108 Å². The molecule has 1 saturated carbocycles. The van der Waals surface area contributed by atoms with E-state index in [2.05, 4.69) is 5.32 Å². The Bertz CT molecular complexity index is 1780. The van der Waals surface area contributed by atoms with Crippen molar-refractivity contribution in [3.8, 4) is 5.75 Å². The number of methoxy groups -OCH3 is 1. The monoisotopic (exact) mass is 687 g/mol. The highest BCUT2D eigenvalue weighted by molar-refractivity contribution is 7.92. The van der Waals surface area contributed by atoms with E-state index in [-0.39, 0.29) is 35.5 Å². The molecule has 0 spiro atoms. The number of amides is 2. The van der Waals surface area contributed by atoms with Crippen LogP contribution in [0.25, 0.3) is 0 Å². The summed E-state index contributed by atoms with van der Waals surface area (Å²) in [4.78, 5) is 30.4. The van der Waals surface area contributed by atoms with E-state index in [4.69, 9.17) is 16.3 Å². The molecule has 4 aromatic rings. The summed E-state index contributed by atoms with van der Waals surface area (Å²) >= 11 is 6.33. The van der Waals surface area contributed by atoms with Crippen LogP contribution < -0.4 is 14.4 Å². The van der Waals surface area contributed by atoms with Gasteiger partial charge in [0.15, 0.2) is 0 Å². The van der Waals surface area contributed by atoms with Crippen molar-refractivity contribution in [1.82, 2.24) is 10.2 Å². The maximum atomic E-state index is 14.7. The Balaban J connectivity index is 1.56. The number of carbonyl (C=O) groups is 2. The number of rotatable bonds is 13. The average molecular weight is 688 g/mol. The van der Waals surface area contributed by atoms with Gasteiger partial charge >= 0.3 is 0 Å². The Morgan fingerprint density at radius 3 is 2.21 bits per heavy atom. The Hall–Kier alpha value is -4.34. The quantitative estimate of drug-likeness (QED) is 0.164. The summed E-state index contributed by atoms with van der Waals surface area (Å²) < 4.78 is 34.8. The molecule has 48 heavy (non-hydrogen) atoms. The van der Waals surface area contributed by atoms with Gasteiger partial charge in [0.05, 0.1) is 17.7 Å². The number of aryl methyl sites for hydroxylation is 1. The lowest BCUT2D eigenvalue weighted by Crippen LogP contribution is -2.55. The molecule has 1 aliphatic rings. The highest BCUT2D eigenvalue weighted by atomic mass is 35.5. The van der Waals surface area contributed by atoms with E-state index in [1.165, 1.54) is 30.2 Å². The van der Waals surface area contributed by atoms with Crippen LogP contribution in [0.1, 0.15) is 48.8 Å². The second kappa shape index (κ2) is 16.2. The molecule has 0 aliphatic heterocycles. The molecule has 1 atom stereocenters. The van der Waals surface area contributed by atoms with Gasteiger partial charge in [0.1, 0.15) is 18.3 Å². The second-order valence-corrected chi connectivity index (χ2v) is 14.5. The Morgan fingerprint density at radius 2 is 1.56 bits per heavy atom. The van der Waals surface area contributed by atoms with Crippen molar-refractivity contribution in [2.45, 2.75) is 69.0 Å². The highest BCUT2D eigenvalue weighted by Gasteiger charge is 2.35. The molecule has 8 nitrogen and oxygen atoms in total. The highest BCUT2D eigenvalue weighted by Crippen LogP contribution is 2.28. The minimum Gasteiger partial charge on any atom is -0.497 e. The lowest BCUT2D eigenvalue weighted by Gasteiger charge is -2.35. The first kappa shape index (κ1) is 35.0. The molecule has 10 heteroatoms. The van der Waals surface area contributed by atoms with E-state index in [9.17, 15) is 18.0 Å². The standard InChI is InChI=1S/C38H42ClN3O5S/c1-28-16-18-30(19-17-28)26-41(36(24-29-10-5-3-6-11-29)38(44)40-32-13-7-4-8-14-32)37(43)27-42(33-15-9-12-31(39)25-33)48(45,46)35-22-20-34(47-2)21-23-35/h3,5-6,9-12,15-23,25,32,36H,4,7-8,13-14,24,26-27H2,1-2H3,(H,40,44)/t36-/m1/s1. The number of hydrogen-bond acceptors (Lipinski definition) is 5. The maximum Gasteiger partial charge on any atom is 0.264 e. The molecule has 252 valence electrons. The number of hydrogen-bond donors (Lipinski definition) is 1. The van der Waals surface area contributed by atoms with E-state index in [1.807, 2.05) is 61.5 Å². The number of nitrogens with zero attached hydrogens (tertiary/aromatic N) is 2. The van der Waals surface area contributed by atoms with Crippen LogP contribution in [-0.2, 0) is 32.6 Å². The molecule has 0 radical (unpaired) electrons. The van der Waals surface area contributed by atoms with Gasteiger partial charge in [-0.3, -0.25) is 13.9 Å². The molecule has 1 aliphatic carbocycles. The third-order valence-electron chi connectivity index (χ3n) is 8.72. The summed E-state index contributed by atoms with van der Waals surface area (Å²) in [5.74, 6) is -0.276. The molecular weight excluding hydrogens is 646 g/mol. The van der Waals surface area contributed by atoms with Crippen molar-refractivity contribution in [1.29, 1.82) is 0 Å². The summed E-state index contributed by atoms with van der Waals surface area (Å²) in [6.45, 7) is 1.54. The Kier molecular flexibility index (Phi) is 11.8. The fourth-order valence-electron chi connectivity index (χ4n) is 6.02. The SMILES string of the molecule is COc1ccc(S(=O)(=O)N(CC(=O)N(Cc2ccc(C)cc2)[C@H](Cc2ccccc2)C(=O)NC2CCCCC2)c2cccc(Cl)c2)cc1. The first-order chi connectivity index (χ1) is 23.1.